The SMILES string of the molecule is C[Si](C)(C)CCOCOc1ccc2cccnc2c1Br. The van der Waals surface area contributed by atoms with Crippen molar-refractivity contribution in [3.05, 3.63) is 34.9 Å². The standard InChI is InChI=1S/C15H20BrNO2Si/c1-20(2,3)10-9-18-11-19-13-7-6-12-5-4-8-17-15(12)14(13)16/h4-8H,9-11H2,1-3H3. The maximum atomic E-state index is 5.67. The van der Waals surface area contributed by atoms with E-state index in [1.807, 2.05) is 24.3 Å². The normalized spacial score (nSPS) is 11.8. The van der Waals surface area contributed by atoms with Gasteiger partial charge in [-0.2, -0.15) is 0 Å². The van der Waals surface area contributed by atoms with Gasteiger partial charge in [-0.25, -0.2) is 0 Å². The van der Waals surface area contributed by atoms with Gasteiger partial charge in [0.1, 0.15) is 5.75 Å². The van der Waals surface area contributed by atoms with Crippen LogP contribution in [0.1, 0.15) is 0 Å². The first-order valence-corrected chi connectivity index (χ1v) is 11.2. The highest BCUT2D eigenvalue weighted by Crippen LogP contribution is 2.31. The van der Waals surface area contributed by atoms with Gasteiger partial charge in [0.25, 0.3) is 0 Å². The second-order valence-corrected chi connectivity index (χ2v) is 12.3. The third-order valence-electron chi connectivity index (χ3n) is 2.97. The van der Waals surface area contributed by atoms with Crippen LogP contribution in [-0.2, 0) is 4.74 Å². The summed E-state index contributed by atoms with van der Waals surface area (Å²) in [6.45, 7) is 8.05. The molecule has 0 saturated carbocycles. The minimum Gasteiger partial charge on any atom is -0.466 e. The summed E-state index contributed by atoms with van der Waals surface area (Å²) >= 11 is 3.55. The molecule has 0 amide bonds. The Morgan fingerprint density at radius 3 is 2.75 bits per heavy atom. The van der Waals surface area contributed by atoms with Gasteiger partial charge in [0.2, 0.25) is 0 Å². The number of aromatic nitrogens is 1. The quantitative estimate of drug-likeness (QED) is 0.428. The molecule has 2 rings (SSSR count). The number of nitrogens with zero attached hydrogens (tertiary/aromatic N) is 1. The maximum Gasteiger partial charge on any atom is 0.189 e. The van der Waals surface area contributed by atoms with Crippen molar-refractivity contribution in [3.8, 4) is 5.75 Å². The predicted octanol–water partition coefficient (Wildman–Crippen LogP) is 4.69. The van der Waals surface area contributed by atoms with Gasteiger partial charge < -0.3 is 9.47 Å². The summed E-state index contributed by atoms with van der Waals surface area (Å²) in [5.41, 5.74) is 0.909. The van der Waals surface area contributed by atoms with Crippen LogP contribution in [0, 0.1) is 0 Å². The Hall–Kier alpha value is -0.913. The minimum absolute atomic E-state index is 0.279. The summed E-state index contributed by atoms with van der Waals surface area (Å²) in [5.74, 6) is 0.768. The maximum absolute atomic E-state index is 5.67. The number of benzene rings is 1. The van der Waals surface area contributed by atoms with Crippen LogP contribution < -0.4 is 4.74 Å². The van der Waals surface area contributed by atoms with Gasteiger partial charge in [0.15, 0.2) is 6.79 Å². The Bertz CT molecular complexity index is 584. The number of hydrogen-bond donors (Lipinski definition) is 0. The molecule has 0 fully saturated rings. The summed E-state index contributed by atoms with van der Waals surface area (Å²) in [6, 6.07) is 9.05. The van der Waals surface area contributed by atoms with Gasteiger partial charge >= 0.3 is 0 Å². The molecule has 0 aliphatic carbocycles. The van der Waals surface area contributed by atoms with Crippen LogP contribution in [0.4, 0.5) is 0 Å². The van der Waals surface area contributed by atoms with Crippen molar-refractivity contribution in [1.82, 2.24) is 4.98 Å². The van der Waals surface area contributed by atoms with Gasteiger partial charge in [-0.15, -0.1) is 0 Å². The molecular weight excluding hydrogens is 334 g/mol. The number of pyridine rings is 1. The fourth-order valence-corrected chi connectivity index (χ4v) is 3.08. The van der Waals surface area contributed by atoms with E-state index in [0.29, 0.717) is 0 Å². The first-order chi connectivity index (χ1) is 9.47. The fourth-order valence-electron chi connectivity index (χ4n) is 1.74. The molecule has 2 aromatic rings. The molecule has 0 N–H and O–H groups in total. The van der Waals surface area contributed by atoms with Gasteiger partial charge in [-0.3, -0.25) is 4.98 Å². The number of rotatable bonds is 6. The van der Waals surface area contributed by atoms with E-state index in [-0.39, 0.29) is 6.79 Å². The van der Waals surface area contributed by atoms with Crippen LogP contribution in [0.15, 0.2) is 34.9 Å². The molecule has 0 spiro atoms. The second kappa shape index (κ2) is 6.69. The van der Waals surface area contributed by atoms with Crippen LogP contribution in [0.3, 0.4) is 0 Å². The van der Waals surface area contributed by atoms with E-state index in [1.165, 1.54) is 0 Å². The Balaban J connectivity index is 1.92. The summed E-state index contributed by atoms with van der Waals surface area (Å²) in [4.78, 5) is 4.36. The molecule has 5 heteroatoms. The van der Waals surface area contributed by atoms with E-state index in [1.54, 1.807) is 6.20 Å². The molecular formula is C15H20BrNO2Si. The van der Waals surface area contributed by atoms with E-state index in [0.717, 1.165) is 33.8 Å². The van der Waals surface area contributed by atoms with Crippen molar-refractivity contribution in [2.45, 2.75) is 25.7 Å². The van der Waals surface area contributed by atoms with Crippen LogP contribution in [0.25, 0.3) is 10.9 Å². The fraction of sp³-hybridized carbons (Fsp3) is 0.400. The lowest BCUT2D eigenvalue weighted by molar-refractivity contribution is 0.0217. The monoisotopic (exact) mass is 353 g/mol. The highest BCUT2D eigenvalue weighted by molar-refractivity contribution is 9.10. The molecule has 1 aromatic heterocycles. The van der Waals surface area contributed by atoms with Crippen molar-refractivity contribution in [2.24, 2.45) is 0 Å². The third-order valence-corrected chi connectivity index (χ3v) is 5.44. The Kier molecular flexibility index (Phi) is 5.18. The van der Waals surface area contributed by atoms with Crippen molar-refractivity contribution in [3.63, 3.8) is 0 Å². The van der Waals surface area contributed by atoms with Crippen molar-refractivity contribution in [1.29, 1.82) is 0 Å². The van der Waals surface area contributed by atoms with Crippen LogP contribution in [0.5, 0.6) is 5.75 Å². The smallest absolute Gasteiger partial charge is 0.189 e. The highest BCUT2D eigenvalue weighted by atomic mass is 79.9. The first-order valence-electron chi connectivity index (χ1n) is 6.71. The molecule has 0 saturated heterocycles. The Labute approximate surface area is 129 Å². The van der Waals surface area contributed by atoms with Gasteiger partial charge in [-0.05, 0) is 40.2 Å². The Morgan fingerprint density at radius 2 is 2.00 bits per heavy atom. The van der Waals surface area contributed by atoms with Crippen LogP contribution in [-0.4, -0.2) is 26.5 Å². The van der Waals surface area contributed by atoms with E-state index in [9.17, 15) is 0 Å². The molecule has 20 heavy (non-hydrogen) atoms. The summed E-state index contributed by atoms with van der Waals surface area (Å²) in [7, 11) is -1.03. The Morgan fingerprint density at radius 1 is 1.20 bits per heavy atom. The summed E-state index contributed by atoms with van der Waals surface area (Å²) in [5, 5.41) is 1.09. The zero-order valence-corrected chi connectivity index (χ0v) is 14.7. The molecule has 1 heterocycles. The number of hydrogen-bond acceptors (Lipinski definition) is 3. The molecule has 108 valence electrons. The average molecular weight is 354 g/mol. The zero-order chi connectivity index (χ0) is 14.6. The molecule has 1 aromatic carbocycles. The van der Waals surface area contributed by atoms with Gasteiger partial charge in [0.05, 0.1) is 9.99 Å². The largest absolute Gasteiger partial charge is 0.466 e. The minimum atomic E-state index is -1.03. The zero-order valence-electron chi connectivity index (χ0n) is 12.1. The molecule has 0 aliphatic rings. The molecule has 0 bridgehead atoms. The van der Waals surface area contributed by atoms with Gasteiger partial charge in [-0.1, -0.05) is 25.7 Å². The summed E-state index contributed by atoms with van der Waals surface area (Å²) < 4.78 is 12.1. The van der Waals surface area contributed by atoms with Crippen LogP contribution in [0.2, 0.25) is 25.7 Å². The molecule has 0 unspecified atom stereocenters. The number of fused-ring (bicyclic) bond motifs is 1. The lowest BCUT2D eigenvalue weighted by atomic mass is 10.2. The van der Waals surface area contributed by atoms with E-state index in [2.05, 4.69) is 40.6 Å². The van der Waals surface area contributed by atoms with Crippen LogP contribution >= 0.6 is 15.9 Å². The van der Waals surface area contributed by atoms with E-state index in [4.69, 9.17) is 9.47 Å². The first kappa shape index (κ1) is 15.5. The van der Waals surface area contributed by atoms with Gasteiger partial charge in [0, 0.05) is 26.3 Å². The van der Waals surface area contributed by atoms with E-state index < -0.39 is 8.07 Å². The topological polar surface area (TPSA) is 31.4 Å². The third kappa shape index (κ3) is 4.29. The second-order valence-electron chi connectivity index (χ2n) is 5.93. The van der Waals surface area contributed by atoms with Crippen molar-refractivity contribution < 1.29 is 9.47 Å². The average Bonchev–Trinajstić information content (AvgIpc) is 2.40. The lowest BCUT2D eigenvalue weighted by Crippen LogP contribution is -2.22. The molecule has 0 atom stereocenters. The predicted molar refractivity (Wildman–Crippen MR) is 89.0 cm³/mol. The molecule has 3 nitrogen and oxygen atoms in total. The highest BCUT2D eigenvalue weighted by Gasteiger charge is 2.12. The van der Waals surface area contributed by atoms with Crippen molar-refractivity contribution >= 4 is 34.9 Å². The van der Waals surface area contributed by atoms with E-state index >= 15 is 0 Å². The number of halogens is 1. The molecule has 0 radical (unpaired) electrons. The van der Waals surface area contributed by atoms with Crippen molar-refractivity contribution in [2.75, 3.05) is 13.4 Å². The lowest BCUT2D eigenvalue weighted by Gasteiger charge is -2.16. The molecule has 0 aliphatic heterocycles. The summed E-state index contributed by atoms with van der Waals surface area (Å²) in [6.07, 6.45) is 1.78. The number of ether oxygens (including phenoxy) is 2.